The highest BCUT2D eigenvalue weighted by molar-refractivity contribution is 7.89. The molecule has 4 rings (SSSR count). The molecular weight excluding hydrogens is 442 g/mol. The Kier molecular flexibility index (Phi) is 6.70. The third-order valence-electron chi connectivity index (χ3n) is 6.32. The third kappa shape index (κ3) is 4.61. The maximum atomic E-state index is 13.2. The van der Waals surface area contributed by atoms with Crippen LogP contribution < -0.4 is 5.32 Å². The molecule has 0 amide bonds. The summed E-state index contributed by atoms with van der Waals surface area (Å²) in [5, 5.41) is 13.5. The maximum Gasteiger partial charge on any atom is 0.243 e. The Labute approximate surface area is 194 Å². The zero-order valence-corrected chi connectivity index (χ0v) is 20.2. The van der Waals surface area contributed by atoms with Gasteiger partial charge in [0.25, 0.3) is 0 Å². The number of carbonyl (C=O) groups excluding carboxylic acids is 1. The molecule has 1 aromatic carbocycles. The van der Waals surface area contributed by atoms with Crippen LogP contribution in [0.5, 0.6) is 0 Å². The minimum absolute atomic E-state index is 0.0232. The van der Waals surface area contributed by atoms with E-state index in [-0.39, 0.29) is 17.2 Å². The van der Waals surface area contributed by atoms with Crippen molar-refractivity contribution in [1.82, 2.24) is 4.31 Å². The number of nitriles is 1. The van der Waals surface area contributed by atoms with Gasteiger partial charge in [0.1, 0.15) is 11.1 Å². The predicted octanol–water partition coefficient (Wildman–Crippen LogP) is 4.46. The average Bonchev–Trinajstić information content (AvgIpc) is 3.14. The van der Waals surface area contributed by atoms with E-state index in [1.165, 1.54) is 10.9 Å². The third-order valence-corrected chi connectivity index (χ3v) is 9.40. The van der Waals surface area contributed by atoms with E-state index in [1.54, 1.807) is 33.8 Å². The molecule has 0 saturated carbocycles. The van der Waals surface area contributed by atoms with Crippen LogP contribution in [0.15, 0.2) is 29.2 Å². The lowest BCUT2D eigenvalue weighted by atomic mass is 9.94. The van der Waals surface area contributed by atoms with E-state index >= 15 is 0 Å². The number of fused-ring (bicyclic) bond motifs is 1. The lowest BCUT2D eigenvalue weighted by Gasteiger charge is -2.34. The van der Waals surface area contributed by atoms with Crippen LogP contribution >= 0.6 is 11.3 Å². The Morgan fingerprint density at radius 3 is 2.66 bits per heavy atom. The normalized spacial score (nSPS) is 21.5. The fourth-order valence-corrected chi connectivity index (χ4v) is 7.81. The lowest BCUT2D eigenvalue weighted by Crippen LogP contribution is -2.42. The van der Waals surface area contributed by atoms with Crippen molar-refractivity contribution in [3.8, 4) is 6.07 Å². The molecule has 2 unspecified atom stereocenters. The number of Topliss-reactive ketones (excluding diaryl/α,β-unsaturated/α-hetero) is 1. The number of ketones is 1. The number of sulfonamides is 1. The van der Waals surface area contributed by atoms with Gasteiger partial charge in [0.05, 0.1) is 17.0 Å². The number of benzene rings is 1. The molecule has 2 heterocycles. The second-order valence-electron chi connectivity index (χ2n) is 9.10. The summed E-state index contributed by atoms with van der Waals surface area (Å²) in [6, 6.07) is 8.61. The summed E-state index contributed by atoms with van der Waals surface area (Å²) in [5.74, 6) is 0.430. The first kappa shape index (κ1) is 23.0. The molecule has 2 atom stereocenters. The Balaban J connectivity index is 1.50. The van der Waals surface area contributed by atoms with E-state index in [1.807, 2.05) is 0 Å². The van der Waals surface area contributed by atoms with E-state index in [0.717, 1.165) is 42.7 Å². The Hall–Kier alpha value is -2.21. The number of hydrogen-bond acceptors (Lipinski definition) is 6. The highest BCUT2D eigenvalue weighted by Gasteiger charge is 2.32. The van der Waals surface area contributed by atoms with Gasteiger partial charge in [-0.3, -0.25) is 4.79 Å². The summed E-state index contributed by atoms with van der Waals surface area (Å²) in [7, 11) is -3.64. The first-order valence-corrected chi connectivity index (χ1v) is 13.5. The highest BCUT2D eigenvalue weighted by Crippen LogP contribution is 2.37. The zero-order chi connectivity index (χ0) is 22.9. The van der Waals surface area contributed by atoms with E-state index in [2.05, 4.69) is 25.2 Å². The molecule has 1 aromatic heterocycles. The quantitative estimate of drug-likeness (QED) is 0.628. The minimum Gasteiger partial charge on any atom is -0.368 e. The summed E-state index contributed by atoms with van der Waals surface area (Å²) in [5.41, 5.74) is 2.13. The van der Waals surface area contributed by atoms with Crippen molar-refractivity contribution in [3.05, 3.63) is 45.8 Å². The molecule has 0 radical (unpaired) electrons. The van der Waals surface area contributed by atoms with Crippen LogP contribution in [-0.2, 0) is 22.9 Å². The van der Waals surface area contributed by atoms with Crippen molar-refractivity contribution in [1.29, 1.82) is 5.26 Å². The topological polar surface area (TPSA) is 90.3 Å². The van der Waals surface area contributed by atoms with Gasteiger partial charge in [-0.2, -0.15) is 9.57 Å². The van der Waals surface area contributed by atoms with Gasteiger partial charge in [-0.1, -0.05) is 26.0 Å². The molecule has 1 fully saturated rings. The van der Waals surface area contributed by atoms with Gasteiger partial charge in [-0.05, 0) is 61.6 Å². The van der Waals surface area contributed by atoms with Crippen LogP contribution in [0, 0.1) is 23.2 Å². The molecule has 32 heavy (non-hydrogen) atoms. The Morgan fingerprint density at radius 1 is 1.22 bits per heavy atom. The van der Waals surface area contributed by atoms with Gasteiger partial charge in [0.15, 0.2) is 5.78 Å². The Bertz CT molecular complexity index is 1150. The summed E-state index contributed by atoms with van der Waals surface area (Å²) < 4.78 is 27.9. The monoisotopic (exact) mass is 471 g/mol. The molecule has 1 N–H and O–H groups in total. The molecule has 2 aliphatic rings. The van der Waals surface area contributed by atoms with Crippen LogP contribution in [-0.4, -0.2) is 38.1 Å². The van der Waals surface area contributed by atoms with Crippen molar-refractivity contribution in [2.45, 2.75) is 50.8 Å². The minimum atomic E-state index is -3.64. The molecule has 1 aliphatic carbocycles. The van der Waals surface area contributed by atoms with Gasteiger partial charge in [-0.25, -0.2) is 8.42 Å². The first-order chi connectivity index (χ1) is 15.3. The summed E-state index contributed by atoms with van der Waals surface area (Å²) in [6.45, 7) is 5.18. The van der Waals surface area contributed by atoms with Crippen LogP contribution in [0.1, 0.15) is 59.5 Å². The van der Waals surface area contributed by atoms with Gasteiger partial charge in [-0.15, -0.1) is 11.3 Å². The fraction of sp³-hybridized carbons (Fsp3) is 0.500. The molecule has 1 aliphatic heterocycles. The standard InChI is InChI=1S/C24H29N3O3S2/c1-16-10-17(2)15-27(14-16)32(29,30)19-7-5-6-18(11-19)22(28)13-26-24-21(12-25)20-8-3-4-9-23(20)31-24/h5-7,11,16-17,26H,3-4,8-10,13-15H2,1-2H3. The van der Waals surface area contributed by atoms with Gasteiger partial charge < -0.3 is 5.32 Å². The summed E-state index contributed by atoms with van der Waals surface area (Å²) >= 11 is 1.56. The van der Waals surface area contributed by atoms with Gasteiger partial charge >= 0.3 is 0 Å². The number of hydrogen-bond donors (Lipinski definition) is 1. The SMILES string of the molecule is CC1CC(C)CN(S(=O)(=O)c2cccc(C(=O)CNc3sc4c(c3C#N)CCCC4)c2)C1. The number of carbonyl (C=O) groups is 1. The van der Waals surface area contributed by atoms with E-state index < -0.39 is 10.0 Å². The molecule has 1 saturated heterocycles. The summed E-state index contributed by atoms with van der Waals surface area (Å²) in [4.78, 5) is 14.3. The number of anilines is 1. The molecule has 0 bridgehead atoms. The molecule has 2 aromatic rings. The van der Waals surface area contributed by atoms with Crippen LogP contribution in [0.3, 0.4) is 0 Å². The van der Waals surface area contributed by atoms with Crippen molar-refractivity contribution in [2.75, 3.05) is 25.0 Å². The van der Waals surface area contributed by atoms with Crippen LogP contribution in [0.4, 0.5) is 5.00 Å². The number of piperidine rings is 1. The second kappa shape index (κ2) is 9.34. The number of nitrogens with zero attached hydrogens (tertiary/aromatic N) is 2. The summed E-state index contributed by atoms with van der Waals surface area (Å²) in [6.07, 6.45) is 5.14. The molecule has 8 heteroatoms. The lowest BCUT2D eigenvalue weighted by molar-refractivity contribution is 0.101. The van der Waals surface area contributed by atoms with E-state index in [4.69, 9.17) is 0 Å². The van der Waals surface area contributed by atoms with Gasteiger partial charge in [0, 0.05) is 23.5 Å². The van der Waals surface area contributed by atoms with Gasteiger partial charge in [0.2, 0.25) is 10.0 Å². The molecule has 0 spiro atoms. The van der Waals surface area contributed by atoms with E-state index in [0.29, 0.717) is 36.1 Å². The number of aryl methyl sites for hydroxylation is 1. The van der Waals surface area contributed by atoms with Crippen molar-refractivity contribution in [3.63, 3.8) is 0 Å². The molecular formula is C24H29N3O3S2. The molecule has 6 nitrogen and oxygen atoms in total. The smallest absolute Gasteiger partial charge is 0.243 e. The maximum absolute atomic E-state index is 13.2. The van der Waals surface area contributed by atoms with Crippen LogP contribution in [0.25, 0.3) is 0 Å². The average molecular weight is 472 g/mol. The number of rotatable bonds is 6. The fourth-order valence-electron chi connectivity index (χ4n) is 4.85. The highest BCUT2D eigenvalue weighted by atomic mass is 32.2. The van der Waals surface area contributed by atoms with Crippen molar-refractivity contribution >= 4 is 32.1 Å². The largest absolute Gasteiger partial charge is 0.368 e. The number of nitrogens with one attached hydrogen (secondary N) is 1. The number of thiophene rings is 1. The zero-order valence-electron chi connectivity index (χ0n) is 18.6. The van der Waals surface area contributed by atoms with Crippen molar-refractivity contribution in [2.24, 2.45) is 11.8 Å². The predicted molar refractivity (Wildman–Crippen MR) is 127 cm³/mol. The second-order valence-corrected chi connectivity index (χ2v) is 12.1. The first-order valence-electron chi connectivity index (χ1n) is 11.2. The van der Waals surface area contributed by atoms with Crippen LogP contribution in [0.2, 0.25) is 0 Å². The van der Waals surface area contributed by atoms with Crippen molar-refractivity contribution < 1.29 is 13.2 Å². The van der Waals surface area contributed by atoms with E-state index in [9.17, 15) is 18.5 Å². The molecule has 170 valence electrons. The Morgan fingerprint density at radius 2 is 1.94 bits per heavy atom.